The minimum Gasteiger partial charge on any atom is -0.550 e. The summed E-state index contributed by atoms with van der Waals surface area (Å²) in [5, 5.41) is 19.5. The second-order valence-corrected chi connectivity index (χ2v) is 4.10. The number of likely N-dealkylation sites (N-methyl/N-ethyl adjacent to an activating group) is 1. The summed E-state index contributed by atoms with van der Waals surface area (Å²) in [7, 11) is 5.44. The summed E-state index contributed by atoms with van der Waals surface area (Å²) in [5.74, 6) is -1.34. The number of quaternary nitrogens is 1. The number of aliphatic hydroxyl groups is 1. The van der Waals surface area contributed by atoms with Gasteiger partial charge in [-0.1, -0.05) is 0 Å². The van der Waals surface area contributed by atoms with Gasteiger partial charge in [0.2, 0.25) is 0 Å². The Balaban J connectivity index is 4.13. The number of rotatable bonds is 4. The number of carboxylic acids is 1. The third kappa shape index (κ3) is 6.09. The van der Waals surface area contributed by atoms with Crippen molar-refractivity contribution in [3.8, 4) is 0 Å². The zero-order valence-corrected chi connectivity index (χ0v) is 7.70. The summed E-state index contributed by atoms with van der Waals surface area (Å²) in [5.41, 5.74) is 3.64. The van der Waals surface area contributed by atoms with Crippen molar-refractivity contribution in [3.63, 3.8) is 0 Å². The normalized spacial score (nSPS) is 17.1. The summed E-state index contributed by atoms with van der Waals surface area (Å²) in [4.78, 5) is 10.1. The van der Waals surface area contributed by atoms with Crippen LogP contribution >= 0.6 is 0 Å². The first kappa shape index (κ1) is 11.4. The van der Waals surface area contributed by atoms with E-state index in [1.165, 1.54) is 0 Å². The van der Waals surface area contributed by atoms with Crippen LogP contribution in [0.15, 0.2) is 0 Å². The zero-order valence-electron chi connectivity index (χ0n) is 7.70. The highest BCUT2D eigenvalue weighted by atomic mass is 16.4. The second-order valence-electron chi connectivity index (χ2n) is 4.10. The number of carbonyl (C=O) groups is 1. The van der Waals surface area contributed by atoms with Crippen LogP contribution in [0.5, 0.6) is 0 Å². The molecule has 0 amide bonds. The van der Waals surface area contributed by atoms with Crippen LogP contribution in [0.1, 0.15) is 6.42 Å². The standard InChI is InChI=1S/C7H16N2O3/c1-9(2,3)5-7(8,12)4-6(10)11/h12H,4-5,8H2,1-3H3/t7-/m1/s1. The van der Waals surface area contributed by atoms with Gasteiger partial charge in [-0.25, -0.2) is 0 Å². The molecule has 0 rings (SSSR count). The first-order valence-corrected chi connectivity index (χ1v) is 3.64. The van der Waals surface area contributed by atoms with Crippen LogP contribution in [-0.2, 0) is 4.79 Å². The fourth-order valence-electron chi connectivity index (χ4n) is 1.13. The van der Waals surface area contributed by atoms with Crippen molar-refractivity contribution in [2.45, 2.75) is 12.1 Å². The Morgan fingerprint density at radius 3 is 2.25 bits per heavy atom. The molecule has 0 saturated heterocycles. The topological polar surface area (TPSA) is 86.4 Å². The summed E-state index contributed by atoms with van der Waals surface area (Å²) >= 11 is 0. The van der Waals surface area contributed by atoms with E-state index in [1.54, 1.807) is 0 Å². The predicted molar refractivity (Wildman–Crippen MR) is 41.7 cm³/mol. The van der Waals surface area contributed by atoms with Crippen LogP contribution in [0.3, 0.4) is 0 Å². The van der Waals surface area contributed by atoms with E-state index < -0.39 is 18.1 Å². The molecule has 5 nitrogen and oxygen atoms in total. The monoisotopic (exact) mass is 176 g/mol. The van der Waals surface area contributed by atoms with E-state index in [-0.39, 0.29) is 6.54 Å². The Hall–Kier alpha value is -0.650. The molecule has 0 aromatic rings. The highest BCUT2D eigenvalue weighted by Crippen LogP contribution is 2.06. The number of carboxylic acid groups (broad SMARTS) is 1. The molecule has 0 fully saturated rings. The second kappa shape index (κ2) is 3.38. The van der Waals surface area contributed by atoms with Crippen LogP contribution in [-0.4, -0.2) is 49.0 Å². The Kier molecular flexibility index (Phi) is 3.20. The molecule has 0 saturated carbocycles. The van der Waals surface area contributed by atoms with Gasteiger partial charge in [-0.05, 0) is 0 Å². The van der Waals surface area contributed by atoms with Gasteiger partial charge in [-0.3, -0.25) is 5.73 Å². The maximum absolute atomic E-state index is 10.1. The van der Waals surface area contributed by atoms with Gasteiger partial charge in [0.25, 0.3) is 0 Å². The first-order valence-electron chi connectivity index (χ1n) is 3.64. The largest absolute Gasteiger partial charge is 0.550 e. The molecule has 0 aromatic carbocycles. The van der Waals surface area contributed by atoms with E-state index in [9.17, 15) is 15.0 Å². The SMILES string of the molecule is C[N+](C)(C)C[C@](N)(O)CC(=O)[O-]. The number of nitrogens with two attached hydrogens (primary N) is 1. The number of nitrogens with zero attached hydrogens (tertiary/aromatic N) is 1. The van der Waals surface area contributed by atoms with Gasteiger partial charge in [-0.2, -0.15) is 0 Å². The molecule has 1 atom stereocenters. The van der Waals surface area contributed by atoms with Gasteiger partial charge >= 0.3 is 0 Å². The molecule has 3 N–H and O–H groups in total. The fraction of sp³-hybridized carbons (Fsp3) is 0.857. The zero-order chi connectivity index (χ0) is 9.99. The molecule has 0 heterocycles. The highest BCUT2D eigenvalue weighted by molar-refractivity contribution is 5.65. The number of hydrogen-bond donors (Lipinski definition) is 2. The van der Waals surface area contributed by atoms with Crippen molar-refractivity contribution in [1.82, 2.24) is 0 Å². The van der Waals surface area contributed by atoms with Crippen molar-refractivity contribution in [2.24, 2.45) is 5.73 Å². The van der Waals surface area contributed by atoms with Crippen LogP contribution in [0, 0.1) is 0 Å². The van der Waals surface area contributed by atoms with Crippen LogP contribution in [0.25, 0.3) is 0 Å². The molecule has 0 aliphatic rings. The third-order valence-corrected chi connectivity index (χ3v) is 1.20. The van der Waals surface area contributed by atoms with E-state index >= 15 is 0 Å². The van der Waals surface area contributed by atoms with E-state index in [2.05, 4.69) is 0 Å². The maximum atomic E-state index is 10.1. The lowest BCUT2D eigenvalue weighted by Gasteiger charge is -2.32. The lowest BCUT2D eigenvalue weighted by atomic mass is 10.1. The van der Waals surface area contributed by atoms with Gasteiger partial charge in [0.05, 0.1) is 21.1 Å². The summed E-state index contributed by atoms with van der Waals surface area (Å²) < 4.78 is 0.403. The summed E-state index contributed by atoms with van der Waals surface area (Å²) in [6.07, 6.45) is -0.539. The maximum Gasteiger partial charge on any atom is 0.168 e. The average molecular weight is 176 g/mol. The molecule has 5 heteroatoms. The minimum atomic E-state index is -1.68. The molecular formula is C7H16N2O3. The van der Waals surface area contributed by atoms with E-state index in [1.807, 2.05) is 21.1 Å². The number of aliphatic carboxylic acids is 1. The quantitative estimate of drug-likeness (QED) is 0.365. The van der Waals surface area contributed by atoms with Crippen LogP contribution in [0.2, 0.25) is 0 Å². The molecule has 0 bridgehead atoms. The van der Waals surface area contributed by atoms with E-state index in [0.717, 1.165) is 0 Å². The van der Waals surface area contributed by atoms with Crippen LogP contribution < -0.4 is 10.8 Å². The molecule has 12 heavy (non-hydrogen) atoms. The van der Waals surface area contributed by atoms with Crippen molar-refractivity contribution in [2.75, 3.05) is 27.7 Å². The molecule has 0 aliphatic carbocycles. The smallest absolute Gasteiger partial charge is 0.168 e. The van der Waals surface area contributed by atoms with Crippen molar-refractivity contribution < 1.29 is 19.5 Å². The highest BCUT2D eigenvalue weighted by Gasteiger charge is 2.28. The Morgan fingerprint density at radius 2 is 2.00 bits per heavy atom. The minimum absolute atomic E-state index is 0.168. The van der Waals surface area contributed by atoms with Gasteiger partial charge < -0.3 is 19.5 Å². The van der Waals surface area contributed by atoms with Gasteiger partial charge in [0, 0.05) is 12.4 Å². The molecular weight excluding hydrogens is 160 g/mol. The van der Waals surface area contributed by atoms with Crippen molar-refractivity contribution >= 4 is 5.97 Å². The van der Waals surface area contributed by atoms with Crippen molar-refractivity contribution in [1.29, 1.82) is 0 Å². The van der Waals surface area contributed by atoms with Crippen LogP contribution in [0.4, 0.5) is 0 Å². The molecule has 0 radical (unpaired) electrons. The lowest BCUT2D eigenvalue weighted by molar-refractivity contribution is -0.877. The first-order chi connectivity index (χ1) is 5.12. The third-order valence-electron chi connectivity index (χ3n) is 1.20. The average Bonchev–Trinajstić information content (AvgIpc) is 1.48. The van der Waals surface area contributed by atoms with E-state index in [0.29, 0.717) is 4.48 Å². The predicted octanol–water partition coefficient (Wildman–Crippen LogP) is -2.52. The molecule has 0 aromatic heterocycles. The molecule has 72 valence electrons. The Bertz CT molecular complexity index is 172. The van der Waals surface area contributed by atoms with E-state index in [4.69, 9.17) is 5.73 Å². The van der Waals surface area contributed by atoms with Gasteiger partial charge in [-0.15, -0.1) is 0 Å². The van der Waals surface area contributed by atoms with Gasteiger partial charge in [0.1, 0.15) is 6.54 Å². The molecule has 0 unspecified atom stereocenters. The molecule has 0 aliphatic heterocycles. The Morgan fingerprint density at radius 1 is 1.58 bits per heavy atom. The van der Waals surface area contributed by atoms with Gasteiger partial charge in [0.15, 0.2) is 5.72 Å². The summed E-state index contributed by atoms with van der Waals surface area (Å²) in [6, 6.07) is 0. The van der Waals surface area contributed by atoms with Crippen molar-refractivity contribution in [3.05, 3.63) is 0 Å². The lowest BCUT2D eigenvalue weighted by Crippen LogP contribution is -2.56. The number of carbonyl (C=O) groups excluding carboxylic acids is 1. The summed E-state index contributed by atoms with van der Waals surface area (Å²) in [6.45, 7) is 0.168. The number of hydrogen-bond acceptors (Lipinski definition) is 4. The Labute approximate surface area is 72.0 Å². The molecule has 0 spiro atoms. The fourth-order valence-corrected chi connectivity index (χ4v) is 1.13.